The molecule has 0 aliphatic carbocycles. The molecule has 0 radical (unpaired) electrons. The van der Waals surface area contributed by atoms with Gasteiger partial charge in [0.1, 0.15) is 0 Å². The largest absolute Gasteiger partial charge is 0.382 e. The Bertz CT molecular complexity index is 496. The summed E-state index contributed by atoms with van der Waals surface area (Å²) in [6.45, 7) is 1.08. The summed E-state index contributed by atoms with van der Waals surface area (Å²) in [5, 5.41) is 0. The average Bonchev–Trinajstić information content (AvgIpc) is 2.08. The number of halogens is 3. The summed E-state index contributed by atoms with van der Waals surface area (Å²) in [5.41, 5.74) is -0.403. The maximum Gasteiger partial charge on any atom is 0.306 e. The van der Waals surface area contributed by atoms with E-state index in [1.54, 1.807) is 0 Å². The van der Waals surface area contributed by atoms with Crippen molar-refractivity contribution in [2.45, 2.75) is 6.92 Å². The van der Waals surface area contributed by atoms with Crippen LogP contribution in [-0.2, 0) is 10.1 Å². The molecule has 1 aromatic rings. The van der Waals surface area contributed by atoms with Gasteiger partial charge in [-0.1, -0.05) is 0 Å². The SMILES string of the molecule is Cc1c(OS(C)(=O)=O)cc(F)c(F)c1F. The molecule has 0 fully saturated rings. The van der Waals surface area contributed by atoms with Crippen LogP contribution in [0.2, 0.25) is 0 Å². The minimum atomic E-state index is -3.90. The second-order valence-electron chi connectivity index (χ2n) is 2.90. The molecule has 0 N–H and O–H groups in total. The van der Waals surface area contributed by atoms with Crippen molar-refractivity contribution in [3.05, 3.63) is 29.1 Å². The Morgan fingerprint density at radius 2 is 1.73 bits per heavy atom. The zero-order valence-corrected chi connectivity index (χ0v) is 8.66. The van der Waals surface area contributed by atoms with Crippen molar-refractivity contribution < 1.29 is 25.8 Å². The number of benzene rings is 1. The summed E-state index contributed by atoms with van der Waals surface area (Å²) < 4.78 is 64.0. The molecule has 0 heterocycles. The molecule has 0 aromatic heterocycles. The van der Waals surface area contributed by atoms with Gasteiger partial charge in [-0.3, -0.25) is 0 Å². The highest BCUT2D eigenvalue weighted by Gasteiger charge is 2.18. The van der Waals surface area contributed by atoms with E-state index < -0.39 is 38.9 Å². The zero-order valence-electron chi connectivity index (χ0n) is 7.84. The van der Waals surface area contributed by atoms with E-state index in [0.717, 1.165) is 6.92 Å². The summed E-state index contributed by atoms with van der Waals surface area (Å²) in [6.07, 6.45) is 0.714. The second-order valence-corrected chi connectivity index (χ2v) is 4.47. The summed E-state index contributed by atoms with van der Waals surface area (Å²) in [7, 11) is -3.90. The van der Waals surface area contributed by atoms with Crippen molar-refractivity contribution in [1.82, 2.24) is 0 Å². The second kappa shape index (κ2) is 3.73. The van der Waals surface area contributed by atoms with E-state index in [4.69, 9.17) is 0 Å². The van der Waals surface area contributed by atoms with Gasteiger partial charge >= 0.3 is 10.1 Å². The molecule has 0 aliphatic heterocycles. The zero-order chi connectivity index (χ0) is 11.8. The maximum absolute atomic E-state index is 12.9. The molecule has 84 valence electrons. The highest BCUT2D eigenvalue weighted by Crippen LogP contribution is 2.26. The molecule has 1 aromatic carbocycles. The minimum Gasteiger partial charge on any atom is -0.382 e. The standard InChI is InChI=1S/C8H7F3O3S/c1-4-6(14-15(2,12)13)3-5(9)8(11)7(4)10/h3H,1-2H3. The smallest absolute Gasteiger partial charge is 0.306 e. The Balaban J connectivity index is 3.33. The van der Waals surface area contributed by atoms with E-state index in [0.29, 0.717) is 12.3 Å². The van der Waals surface area contributed by atoms with Crippen LogP contribution < -0.4 is 4.18 Å². The van der Waals surface area contributed by atoms with Crippen molar-refractivity contribution in [3.8, 4) is 5.75 Å². The Hall–Kier alpha value is -1.24. The molecular formula is C8H7F3O3S. The van der Waals surface area contributed by atoms with Crippen LogP contribution in [0.4, 0.5) is 13.2 Å². The third-order valence-electron chi connectivity index (χ3n) is 1.60. The molecular weight excluding hydrogens is 233 g/mol. The van der Waals surface area contributed by atoms with Gasteiger partial charge in [0.15, 0.2) is 23.2 Å². The molecule has 0 saturated carbocycles. The first kappa shape index (κ1) is 11.8. The van der Waals surface area contributed by atoms with Gasteiger partial charge < -0.3 is 4.18 Å². The van der Waals surface area contributed by atoms with Gasteiger partial charge in [-0.05, 0) is 6.92 Å². The van der Waals surface area contributed by atoms with Gasteiger partial charge in [-0.2, -0.15) is 8.42 Å². The van der Waals surface area contributed by atoms with Gasteiger partial charge in [0, 0.05) is 11.6 Å². The van der Waals surface area contributed by atoms with Crippen LogP contribution in [0.25, 0.3) is 0 Å². The summed E-state index contributed by atoms with van der Waals surface area (Å²) >= 11 is 0. The third-order valence-corrected chi connectivity index (χ3v) is 2.08. The van der Waals surface area contributed by atoms with Crippen molar-refractivity contribution in [2.24, 2.45) is 0 Å². The van der Waals surface area contributed by atoms with E-state index in [-0.39, 0.29) is 0 Å². The lowest BCUT2D eigenvalue weighted by molar-refractivity contribution is 0.428. The van der Waals surface area contributed by atoms with Crippen molar-refractivity contribution >= 4 is 10.1 Å². The van der Waals surface area contributed by atoms with E-state index in [9.17, 15) is 21.6 Å². The molecule has 0 unspecified atom stereocenters. The number of hydrogen-bond acceptors (Lipinski definition) is 3. The fourth-order valence-electron chi connectivity index (χ4n) is 0.914. The maximum atomic E-state index is 12.9. The van der Waals surface area contributed by atoms with Crippen molar-refractivity contribution in [1.29, 1.82) is 0 Å². The normalized spacial score (nSPS) is 11.5. The summed E-state index contributed by atoms with van der Waals surface area (Å²) in [4.78, 5) is 0. The Morgan fingerprint density at radius 3 is 2.20 bits per heavy atom. The molecule has 15 heavy (non-hydrogen) atoms. The van der Waals surface area contributed by atoms with E-state index in [1.165, 1.54) is 0 Å². The molecule has 0 saturated heterocycles. The van der Waals surface area contributed by atoms with Crippen LogP contribution in [-0.4, -0.2) is 14.7 Å². The van der Waals surface area contributed by atoms with E-state index in [2.05, 4.69) is 4.18 Å². The molecule has 0 aliphatic rings. The van der Waals surface area contributed by atoms with Gasteiger partial charge in [-0.15, -0.1) is 0 Å². The Morgan fingerprint density at radius 1 is 1.20 bits per heavy atom. The first-order chi connectivity index (χ1) is 6.72. The number of hydrogen-bond donors (Lipinski definition) is 0. The van der Waals surface area contributed by atoms with Gasteiger partial charge in [0.25, 0.3) is 0 Å². The molecule has 1 rings (SSSR count). The topological polar surface area (TPSA) is 43.4 Å². The molecule has 0 spiro atoms. The lowest BCUT2D eigenvalue weighted by Gasteiger charge is -2.07. The first-order valence-electron chi connectivity index (χ1n) is 3.76. The molecule has 0 bridgehead atoms. The third kappa shape index (κ3) is 2.62. The highest BCUT2D eigenvalue weighted by molar-refractivity contribution is 7.86. The number of rotatable bonds is 2. The molecule has 7 heteroatoms. The predicted octanol–water partition coefficient (Wildman–Crippen LogP) is 1.75. The van der Waals surface area contributed by atoms with Crippen LogP contribution in [0.5, 0.6) is 5.75 Å². The molecule has 3 nitrogen and oxygen atoms in total. The predicted molar refractivity (Wildman–Crippen MR) is 46.5 cm³/mol. The Labute approximate surface area is 84.6 Å². The fraction of sp³-hybridized carbons (Fsp3) is 0.250. The quantitative estimate of drug-likeness (QED) is 0.584. The van der Waals surface area contributed by atoms with E-state index in [1.807, 2.05) is 0 Å². The van der Waals surface area contributed by atoms with Crippen LogP contribution >= 0.6 is 0 Å². The summed E-state index contributed by atoms with van der Waals surface area (Å²) in [6, 6.07) is 0.481. The van der Waals surface area contributed by atoms with Gasteiger partial charge in [0.2, 0.25) is 0 Å². The average molecular weight is 240 g/mol. The summed E-state index contributed by atoms with van der Waals surface area (Å²) in [5.74, 6) is -5.19. The van der Waals surface area contributed by atoms with E-state index >= 15 is 0 Å². The molecule has 0 amide bonds. The monoisotopic (exact) mass is 240 g/mol. The van der Waals surface area contributed by atoms with Crippen LogP contribution in [0.3, 0.4) is 0 Å². The Kier molecular flexibility index (Phi) is 2.94. The lowest BCUT2D eigenvalue weighted by Crippen LogP contribution is -2.08. The van der Waals surface area contributed by atoms with Gasteiger partial charge in [0.05, 0.1) is 6.26 Å². The van der Waals surface area contributed by atoms with Crippen LogP contribution in [0.15, 0.2) is 6.07 Å². The van der Waals surface area contributed by atoms with Gasteiger partial charge in [-0.25, -0.2) is 13.2 Å². The highest BCUT2D eigenvalue weighted by atomic mass is 32.2. The van der Waals surface area contributed by atoms with Crippen molar-refractivity contribution in [3.63, 3.8) is 0 Å². The minimum absolute atomic E-state index is 0.403. The first-order valence-corrected chi connectivity index (χ1v) is 5.57. The van der Waals surface area contributed by atoms with Crippen molar-refractivity contribution in [2.75, 3.05) is 6.26 Å². The lowest BCUT2D eigenvalue weighted by atomic mass is 10.2. The fourth-order valence-corrected chi connectivity index (χ4v) is 1.41. The molecule has 0 atom stereocenters. The van der Waals surface area contributed by atoms with Crippen LogP contribution in [0, 0.1) is 24.4 Å². The van der Waals surface area contributed by atoms with Crippen LogP contribution in [0.1, 0.15) is 5.56 Å².